The van der Waals surface area contributed by atoms with Crippen molar-refractivity contribution in [3.8, 4) is 5.75 Å². The van der Waals surface area contributed by atoms with E-state index in [9.17, 15) is 4.79 Å². The Bertz CT molecular complexity index is 1080. The topological polar surface area (TPSA) is 67.0 Å². The number of carbonyl (C=O) groups excluding carboxylic acids is 1. The van der Waals surface area contributed by atoms with Crippen LogP contribution in [0, 0.1) is 6.92 Å². The molecule has 0 radical (unpaired) electrons. The van der Waals surface area contributed by atoms with E-state index in [-0.39, 0.29) is 5.91 Å². The van der Waals surface area contributed by atoms with Crippen molar-refractivity contribution in [1.82, 2.24) is 15.3 Å². The number of H-pyrrole nitrogens is 1. The lowest BCUT2D eigenvalue weighted by molar-refractivity contribution is 0.0949. The fourth-order valence-corrected chi connectivity index (χ4v) is 3.69. The smallest absolute Gasteiger partial charge is 0.270 e. The number of para-hydroxylation sites is 1. The lowest BCUT2D eigenvalue weighted by Gasteiger charge is -2.04. The van der Waals surface area contributed by atoms with Gasteiger partial charge in [0.05, 0.1) is 0 Å². The second kappa shape index (κ2) is 8.27. The van der Waals surface area contributed by atoms with Crippen LogP contribution in [0.25, 0.3) is 10.9 Å². The van der Waals surface area contributed by atoms with Crippen LogP contribution < -0.4 is 10.1 Å². The molecule has 0 aliphatic heterocycles. The Morgan fingerprint density at radius 3 is 2.86 bits per heavy atom. The standard InChI is InChI=1S/C22H21N3O2S/c1-15-6-8-17(9-7-15)27-13-21-25-20(14-28-21)22(26)23-11-10-16-12-24-19-5-3-2-4-18(16)19/h2-9,12,14,24H,10-11,13H2,1H3,(H,23,26). The quantitative estimate of drug-likeness (QED) is 0.488. The molecule has 28 heavy (non-hydrogen) atoms. The van der Waals surface area contributed by atoms with E-state index in [1.807, 2.05) is 55.6 Å². The maximum atomic E-state index is 12.3. The van der Waals surface area contributed by atoms with Gasteiger partial charge in [0.2, 0.25) is 0 Å². The van der Waals surface area contributed by atoms with Crippen LogP contribution in [0.15, 0.2) is 60.1 Å². The summed E-state index contributed by atoms with van der Waals surface area (Å²) >= 11 is 1.43. The van der Waals surface area contributed by atoms with Gasteiger partial charge in [0, 0.05) is 29.0 Å². The zero-order valence-corrected chi connectivity index (χ0v) is 16.4. The lowest BCUT2D eigenvalue weighted by atomic mass is 10.1. The van der Waals surface area contributed by atoms with Gasteiger partial charge >= 0.3 is 0 Å². The highest BCUT2D eigenvalue weighted by Gasteiger charge is 2.11. The summed E-state index contributed by atoms with van der Waals surface area (Å²) in [6, 6.07) is 16.0. The normalized spacial score (nSPS) is 10.9. The zero-order valence-electron chi connectivity index (χ0n) is 15.6. The van der Waals surface area contributed by atoms with Gasteiger partial charge in [0.1, 0.15) is 23.1 Å². The van der Waals surface area contributed by atoms with Gasteiger partial charge in [-0.3, -0.25) is 4.79 Å². The predicted molar refractivity (Wildman–Crippen MR) is 112 cm³/mol. The molecule has 4 aromatic rings. The largest absolute Gasteiger partial charge is 0.486 e. The van der Waals surface area contributed by atoms with Crippen molar-refractivity contribution in [2.45, 2.75) is 20.0 Å². The second-order valence-electron chi connectivity index (χ2n) is 6.59. The molecular weight excluding hydrogens is 370 g/mol. The molecule has 4 rings (SSSR count). The molecule has 0 spiro atoms. The summed E-state index contributed by atoms with van der Waals surface area (Å²) in [6.45, 7) is 2.96. The second-order valence-corrected chi connectivity index (χ2v) is 7.54. The molecule has 0 aliphatic rings. The zero-order chi connectivity index (χ0) is 19.3. The number of carbonyl (C=O) groups is 1. The summed E-state index contributed by atoms with van der Waals surface area (Å²) < 4.78 is 5.72. The third-order valence-corrected chi connectivity index (χ3v) is 5.34. The summed E-state index contributed by atoms with van der Waals surface area (Å²) in [4.78, 5) is 20.0. The monoisotopic (exact) mass is 391 g/mol. The highest BCUT2D eigenvalue weighted by atomic mass is 32.1. The number of amides is 1. The van der Waals surface area contributed by atoms with Gasteiger partial charge in [-0.2, -0.15) is 0 Å². The van der Waals surface area contributed by atoms with Crippen molar-refractivity contribution in [3.63, 3.8) is 0 Å². The van der Waals surface area contributed by atoms with E-state index >= 15 is 0 Å². The van der Waals surface area contributed by atoms with Crippen molar-refractivity contribution in [2.75, 3.05) is 6.54 Å². The Kier molecular flexibility index (Phi) is 5.39. The first-order valence-corrected chi connectivity index (χ1v) is 10.0. The molecule has 0 fully saturated rings. The van der Waals surface area contributed by atoms with E-state index in [1.54, 1.807) is 5.38 Å². The van der Waals surface area contributed by atoms with E-state index in [2.05, 4.69) is 21.4 Å². The first-order chi connectivity index (χ1) is 13.7. The fourth-order valence-electron chi connectivity index (χ4n) is 3.00. The molecule has 2 aromatic carbocycles. The number of aryl methyl sites for hydroxylation is 1. The van der Waals surface area contributed by atoms with Gasteiger partial charge < -0.3 is 15.0 Å². The predicted octanol–water partition coefficient (Wildman–Crippen LogP) is 4.48. The number of hydrogen-bond donors (Lipinski definition) is 2. The van der Waals surface area contributed by atoms with Crippen molar-refractivity contribution in [3.05, 3.63) is 81.9 Å². The number of hydrogen-bond acceptors (Lipinski definition) is 4. The maximum absolute atomic E-state index is 12.3. The van der Waals surface area contributed by atoms with Crippen LogP contribution in [-0.2, 0) is 13.0 Å². The minimum atomic E-state index is -0.155. The number of ether oxygens (including phenoxy) is 1. The molecule has 5 nitrogen and oxygen atoms in total. The summed E-state index contributed by atoms with van der Waals surface area (Å²) in [5, 5.41) is 6.69. The highest BCUT2D eigenvalue weighted by molar-refractivity contribution is 7.09. The van der Waals surface area contributed by atoms with E-state index in [0.717, 1.165) is 22.7 Å². The molecule has 0 bridgehead atoms. The molecule has 2 heterocycles. The molecule has 0 aliphatic carbocycles. The Morgan fingerprint density at radius 2 is 2.00 bits per heavy atom. The van der Waals surface area contributed by atoms with E-state index in [1.165, 1.54) is 27.8 Å². The number of aromatic nitrogens is 2. The highest BCUT2D eigenvalue weighted by Crippen LogP contribution is 2.18. The van der Waals surface area contributed by atoms with Gasteiger partial charge in [0.15, 0.2) is 0 Å². The van der Waals surface area contributed by atoms with Crippen LogP contribution in [0.3, 0.4) is 0 Å². The molecular formula is C22H21N3O2S. The Hall–Kier alpha value is -3.12. The minimum Gasteiger partial charge on any atom is -0.486 e. The molecule has 6 heteroatoms. The Labute approximate surface area is 167 Å². The molecule has 0 saturated heterocycles. The van der Waals surface area contributed by atoms with Crippen molar-refractivity contribution in [2.24, 2.45) is 0 Å². The van der Waals surface area contributed by atoms with Gasteiger partial charge in [-0.05, 0) is 37.1 Å². The molecule has 142 valence electrons. The number of nitrogens with one attached hydrogen (secondary N) is 2. The molecule has 0 saturated carbocycles. The summed E-state index contributed by atoms with van der Waals surface area (Å²) in [6.07, 6.45) is 2.77. The molecule has 0 unspecified atom stereocenters. The van der Waals surface area contributed by atoms with Crippen LogP contribution in [0.1, 0.15) is 26.6 Å². The van der Waals surface area contributed by atoms with Crippen LogP contribution in [0.4, 0.5) is 0 Å². The molecule has 1 amide bonds. The average molecular weight is 391 g/mol. The van der Waals surface area contributed by atoms with Crippen molar-refractivity contribution < 1.29 is 9.53 Å². The third-order valence-electron chi connectivity index (χ3n) is 4.52. The summed E-state index contributed by atoms with van der Waals surface area (Å²) in [7, 11) is 0. The van der Waals surface area contributed by atoms with Gasteiger partial charge in [-0.1, -0.05) is 35.9 Å². The van der Waals surface area contributed by atoms with E-state index in [4.69, 9.17) is 4.74 Å². The number of thiazole rings is 1. The van der Waals surface area contributed by atoms with Crippen LogP contribution >= 0.6 is 11.3 Å². The molecule has 2 N–H and O–H groups in total. The van der Waals surface area contributed by atoms with Crippen LogP contribution in [0.5, 0.6) is 5.75 Å². The molecule has 2 aromatic heterocycles. The third kappa shape index (κ3) is 4.23. The average Bonchev–Trinajstić information content (AvgIpc) is 3.35. The van der Waals surface area contributed by atoms with Crippen LogP contribution in [-0.4, -0.2) is 22.4 Å². The first kappa shape index (κ1) is 18.3. The van der Waals surface area contributed by atoms with Crippen molar-refractivity contribution in [1.29, 1.82) is 0 Å². The number of benzene rings is 2. The Morgan fingerprint density at radius 1 is 1.18 bits per heavy atom. The number of aromatic amines is 1. The number of nitrogens with zero attached hydrogens (tertiary/aromatic N) is 1. The summed E-state index contributed by atoms with van der Waals surface area (Å²) in [5.74, 6) is 0.642. The lowest BCUT2D eigenvalue weighted by Crippen LogP contribution is -2.26. The number of rotatable bonds is 7. The summed E-state index contributed by atoms with van der Waals surface area (Å²) in [5.41, 5.74) is 3.93. The van der Waals surface area contributed by atoms with Gasteiger partial charge in [-0.15, -0.1) is 11.3 Å². The van der Waals surface area contributed by atoms with E-state index < -0.39 is 0 Å². The van der Waals surface area contributed by atoms with Crippen molar-refractivity contribution >= 4 is 28.1 Å². The van der Waals surface area contributed by atoms with Gasteiger partial charge in [0.25, 0.3) is 5.91 Å². The first-order valence-electron chi connectivity index (χ1n) is 9.16. The fraction of sp³-hybridized carbons (Fsp3) is 0.182. The van der Waals surface area contributed by atoms with Gasteiger partial charge in [-0.25, -0.2) is 4.98 Å². The molecule has 0 atom stereocenters. The maximum Gasteiger partial charge on any atom is 0.270 e. The minimum absolute atomic E-state index is 0.155. The SMILES string of the molecule is Cc1ccc(OCc2nc(C(=O)NCCc3c[nH]c4ccccc34)cs2)cc1. The van der Waals surface area contributed by atoms with Crippen LogP contribution in [0.2, 0.25) is 0 Å². The number of fused-ring (bicyclic) bond motifs is 1. The van der Waals surface area contributed by atoms with E-state index in [0.29, 0.717) is 18.8 Å². The Balaban J connectivity index is 1.28.